The monoisotopic (exact) mass is 472 g/mol. The molecule has 33 heavy (non-hydrogen) atoms. The van der Waals surface area contributed by atoms with Crippen LogP contribution in [0.2, 0.25) is 5.02 Å². The van der Waals surface area contributed by atoms with Gasteiger partial charge in [0.25, 0.3) is 0 Å². The van der Waals surface area contributed by atoms with E-state index in [-0.39, 0.29) is 18.0 Å². The number of cyclic esters (lactones) is 1. The van der Waals surface area contributed by atoms with Crippen LogP contribution in [0, 0.1) is 12.8 Å². The van der Waals surface area contributed by atoms with Crippen LogP contribution >= 0.6 is 11.6 Å². The van der Waals surface area contributed by atoms with Gasteiger partial charge in [-0.05, 0) is 50.3 Å². The molecule has 10 nitrogen and oxygen atoms in total. The number of aliphatic hydroxyl groups is 1. The maximum atomic E-state index is 12.4. The number of rotatable bonds is 6. The quantitative estimate of drug-likeness (QED) is 0.581. The summed E-state index contributed by atoms with van der Waals surface area (Å²) in [5, 5.41) is 17.5. The van der Waals surface area contributed by atoms with E-state index >= 15 is 0 Å². The summed E-state index contributed by atoms with van der Waals surface area (Å²) in [4.78, 5) is 27.1. The Hall–Kier alpha value is -3.11. The van der Waals surface area contributed by atoms with Gasteiger partial charge < -0.3 is 25.2 Å². The van der Waals surface area contributed by atoms with Gasteiger partial charge in [-0.15, -0.1) is 0 Å². The number of halogens is 1. The molecule has 1 amide bonds. The second-order valence-electron chi connectivity index (χ2n) is 8.49. The molecule has 1 unspecified atom stereocenters. The predicted octanol–water partition coefficient (Wildman–Crippen LogP) is 3.21. The fourth-order valence-electron chi connectivity index (χ4n) is 4.23. The highest BCUT2D eigenvalue weighted by Crippen LogP contribution is 2.39. The lowest BCUT2D eigenvalue weighted by atomic mass is 9.98. The lowest BCUT2D eigenvalue weighted by Crippen LogP contribution is -2.37. The fourth-order valence-corrected chi connectivity index (χ4v) is 4.48. The Morgan fingerprint density at radius 1 is 1.33 bits per heavy atom. The minimum Gasteiger partial charge on any atom is -0.495 e. The normalized spacial score (nSPS) is 22.8. The summed E-state index contributed by atoms with van der Waals surface area (Å²) in [5.74, 6) is 2.01. The molecule has 1 saturated heterocycles. The second-order valence-corrected chi connectivity index (χ2v) is 8.90. The van der Waals surface area contributed by atoms with E-state index < -0.39 is 12.3 Å². The van der Waals surface area contributed by atoms with Crippen molar-refractivity contribution < 1.29 is 19.4 Å². The van der Waals surface area contributed by atoms with E-state index in [9.17, 15) is 9.90 Å². The molecular formula is C22H25ClN6O4. The number of ether oxygens (including phenoxy) is 2. The number of fused-ring (bicyclic) bond motifs is 1. The second kappa shape index (κ2) is 8.35. The molecule has 11 heteroatoms. The third-order valence-electron chi connectivity index (χ3n) is 6.12. The molecule has 0 bridgehead atoms. The van der Waals surface area contributed by atoms with Crippen molar-refractivity contribution in [2.75, 3.05) is 29.3 Å². The zero-order chi connectivity index (χ0) is 23.3. The van der Waals surface area contributed by atoms with Crippen molar-refractivity contribution in [1.82, 2.24) is 15.0 Å². The summed E-state index contributed by atoms with van der Waals surface area (Å²) in [6, 6.07) is 3.15. The number of nitrogens with zero attached hydrogens (tertiary/aromatic N) is 4. The average molecular weight is 473 g/mol. The van der Waals surface area contributed by atoms with E-state index in [1.54, 1.807) is 26.2 Å². The van der Waals surface area contributed by atoms with Crippen molar-refractivity contribution in [3.63, 3.8) is 0 Å². The van der Waals surface area contributed by atoms with Crippen LogP contribution in [0.15, 0.2) is 17.7 Å². The molecule has 2 fully saturated rings. The predicted molar refractivity (Wildman–Crippen MR) is 124 cm³/mol. The molecule has 3 atom stereocenters. The maximum absolute atomic E-state index is 12.4. The Labute approximate surface area is 196 Å². The van der Waals surface area contributed by atoms with Crippen LogP contribution in [-0.2, 0) is 4.74 Å². The van der Waals surface area contributed by atoms with E-state index in [2.05, 4.69) is 25.6 Å². The first-order chi connectivity index (χ1) is 15.8. The Morgan fingerprint density at radius 2 is 2.12 bits per heavy atom. The zero-order valence-electron chi connectivity index (χ0n) is 18.5. The van der Waals surface area contributed by atoms with Gasteiger partial charge in [-0.25, -0.2) is 9.69 Å². The molecule has 3 aliphatic rings. The number of benzene rings is 1. The molecule has 174 valence electrons. The maximum Gasteiger partial charge on any atom is 0.417 e. The fraction of sp³-hybridized carbons (Fsp3) is 0.455. The molecule has 3 heterocycles. The largest absolute Gasteiger partial charge is 0.495 e. The smallest absolute Gasteiger partial charge is 0.417 e. The van der Waals surface area contributed by atoms with Crippen molar-refractivity contribution in [2.45, 2.75) is 45.0 Å². The van der Waals surface area contributed by atoms with Gasteiger partial charge in [0.1, 0.15) is 24.4 Å². The van der Waals surface area contributed by atoms with Crippen LogP contribution in [0.4, 0.5) is 22.4 Å². The Balaban J connectivity index is 1.40. The van der Waals surface area contributed by atoms with Crippen LogP contribution in [0.3, 0.4) is 0 Å². The summed E-state index contributed by atoms with van der Waals surface area (Å²) >= 11 is 6.27. The van der Waals surface area contributed by atoms with E-state index in [0.29, 0.717) is 40.6 Å². The summed E-state index contributed by atoms with van der Waals surface area (Å²) in [6.45, 7) is 3.99. The molecule has 2 aromatic rings. The third kappa shape index (κ3) is 4.16. The average Bonchev–Trinajstić information content (AvgIpc) is 3.54. The number of carbonyl (C=O) groups is 1. The highest BCUT2D eigenvalue weighted by molar-refractivity contribution is 6.32. The minimum atomic E-state index is -0.930. The van der Waals surface area contributed by atoms with Gasteiger partial charge in [-0.3, -0.25) is 0 Å². The number of nitrogens with one attached hydrogen (secondary N) is 2. The van der Waals surface area contributed by atoms with Crippen LogP contribution in [0.1, 0.15) is 31.2 Å². The van der Waals surface area contributed by atoms with Crippen molar-refractivity contribution in [2.24, 2.45) is 5.92 Å². The molecule has 1 aromatic heterocycles. The Bertz CT molecular complexity index is 1140. The molecule has 5 rings (SSSR count). The van der Waals surface area contributed by atoms with E-state index in [4.69, 9.17) is 21.1 Å². The van der Waals surface area contributed by atoms with Crippen LogP contribution in [0.5, 0.6) is 5.75 Å². The van der Waals surface area contributed by atoms with E-state index in [1.165, 1.54) is 4.90 Å². The first-order valence-corrected chi connectivity index (χ1v) is 11.2. The molecule has 1 saturated carbocycles. The van der Waals surface area contributed by atoms with Crippen LogP contribution in [0.25, 0.3) is 6.08 Å². The first-order valence-electron chi connectivity index (χ1n) is 10.8. The summed E-state index contributed by atoms with van der Waals surface area (Å²) < 4.78 is 10.5. The van der Waals surface area contributed by atoms with Crippen molar-refractivity contribution >= 4 is 41.4 Å². The number of hydrogen-bond acceptors (Lipinski definition) is 9. The van der Waals surface area contributed by atoms with Gasteiger partial charge in [-0.2, -0.15) is 15.0 Å². The highest BCUT2D eigenvalue weighted by atomic mass is 35.5. The van der Waals surface area contributed by atoms with Crippen molar-refractivity contribution in [1.29, 1.82) is 0 Å². The lowest BCUT2D eigenvalue weighted by Gasteiger charge is -2.29. The SMILES string of the molecule is COc1cc2c(cc1Cl)C=C([C@H](C)Nc1nc(C)nc(N3C(=O)OC[C@@H]3C3CC3)n1)C(O)N2. The van der Waals surface area contributed by atoms with E-state index in [0.717, 1.165) is 24.1 Å². The summed E-state index contributed by atoms with van der Waals surface area (Å²) in [7, 11) is 1.54. The van der Waals surface area contributed by atoms with Crippen LogP contribution < -0.4 is 20.3 Å². The molecule has 1 aliphatic carbocycles. The van der Waals surface area contributed by atoms with Gasteiger partial charge >= 0.3 is 6.09 Å². The van der Waals surface area contributed by atoms with Crippen molar-refractivity contribution in [3.05, 3.63) is 34.1 Å². The number of carbonyl (C=O) groups excluding carboxylic acids is 1. The van der Waals surface area contributed by atoms with Gasteiger partial charge in [0.05, 0.1) is 24.2 Å². The molecule has 0 spiro atoms. The number of amides is 1. The van der Waals surface area contributed by atoms with Gasteiger partial charge in [-0.1, -0.05) is 11.6 Å². The van der Waals surface area contributed by atoms with Crippen molar-refractivity contribution in [3.8, 4) is 5.75 Å². The molecule has 0 radical (unpaired) electrons. The number of aryl methyl sites for hydroxylation is 1. The van der Waals surface area contributed by atoms with Gasteiger partial charge in [0, 0.05) is 17.3 Å². The number of aromatic nitrogens is 3. The van der Waals surface area contributed by atoms with Gasteiger partial charge in [0.15, 0.2) is 0 Å². The molecule has 2 aliphatic heterocycles. The number of anilines is 3. The zero-order valence-corrected chi connectivity index (χ0v) is 19.3. The molecule has 3 N–H and O–H groups in total. The van der Waals surface area contributed by atoms with E-state index in [1.807, 2.05) is 13.0 Å². The Morgan fingerprint density at radius 3 is 2.85 bits per heavy atom. The third-order valence-corrected chi connectivity index (χ3v) is 6.42. The Kier molecular flexibility index (Phi) is 5.49. The minimum absolute atomic E-state index is 0.0464. The highest BCUT2D eigenvalue weighted by Gasteiger charge is 2.45. The number of hydrogen-bond donors (Lipinski definition) is 3. The molecular weight excluding hydrogens is 448 g/mol. The summed E-state index contributed by atoms with van der Waals surface area (Å²) in [6.07, 6.45) is 2.65. The number of methoxy groups -OCH3 is 1. The summed E-state index contributed by atoms with van der Waals surface area (Å²) in [5.41, 5.74) is 2.23. The number of aliphatic hydroxyl groups excluding tert-OH is 1. The lowest BCUT2D eigenvalue weighted by molar-refractivity contribution is 0.178. The first kappa shape index (κ1) is 21.7. The standard InChI is InChI=1S/C22H25ClN6O4/c1-10(14-6-13-7-15(23)18(32-3)8-16(13)27-19(14)30)24-20-25-11(2)26-21(28-20)29-17(12-4-5-12)9-33-22(29)31/h6-8,10,12,17,19,27,30H,4-5,9H2,1-3H3,(H,24,25,26,28)/t10-,17+,19?/m0/s1. The topological polar surface area (TPSA) is 122 Å². The van der Waals surface area contributed by atoms with Crippen LogP contribution in [-0.4, -0.2) is 58.2 Å². The molecule has 1 aromatic carbocycles. The van der Waals surface area contributed by atoms with Gasteiger partial charge in [0.2, 0.25) is 11.9 Å².